The molecular formula is C28H25BO3. The summed E-state index contributed by atoms with van der Waals surface area (Å²) in [5.74, 6) is 0. The van der Waals surface area contributed by atoms with Gasteiger partial charge in [-0.1, -0.05) is 54.6 Å². The molecule has 32 heavy (non-hydrogen) atoms. The molecule has 0 fully saturated rings. The number of aliphatic hydroxyl groups is 1. The van der Waals surface area contributed by atoms with E-state index >= 15 is 0 Å². The molecule has 0 unspecified atom stereocenters. The molecule has 0 spiro atoms. The highest BCUT2D eigenvalue weighted by atomic mass is 16.5. The minimum atomic E-state index is -0.937. The lowest BCUT2D eigenvalue weighted by Crippen LogP contribution is -2.49. The van der Waals surface area contributed by atoms with E-state index in [0.29, 0.717) is 7.48 Å². The summed E-state index contributed by atoms with van der Waals surface area (Å²) in [6.45, 7) is 7.37. The molecule has 1 aliphatic rings. The van der Waals surface area contributed by atoms with Crippen LogP contribution in [0, 0.1) is 0 Å². The Morgan fingerprint density at radius 3 is 2.19 bits per heavy atom. The Morgan fingerprint density at radius 1 is 0.719 bits per heavy atom. The van der Waals surface area contributed by atoms with Gasteiger partial charge >= 0.3 is 7.48 Å². The van der Waals surface area contributed by atoms with Crippen LogP contribution in [0.1, 0.15) is 27.7 Å². The topological polar surface area (TPSA) is 42.6 Å². The van der Waals surface area contributed by atoms with Crippen LogP contribution in [0.5, 0.6) is 0 Å². The molecule has 1 heterocycles. The standard InChI is InChI=1S/C28H25BO3/c1-27(2,30)28(3,4)32-29-16-12-13-20-23(14-16)31-24-15-22-18-9-6-5-8-17(18)19-10-7-11-21(25(19)22)26(20)24/h5-15,29-30H,1-4H3. The summed E-state index contributed by atoms with van der Waals surface area (Å²) in [4.78, 5) is 0. The SMILES string of the molecule is CC(C)(O)C(C)(C)OBc1ccc2c(c1)oc1cc3c4c(cccc4c12)-c1ccccc1-3. The van der Waals surface area contributed by atoms with Gasteiger partial charge in [-0.2, -0.15) is 0 Å². The van der Waals surface area contributed by atoms with Gasteiger partial charge in [-0.3, -0.25) is 0 Å². The van der Waals surface area contributed by atoms with Crippen molar-refractivity contribution in [2.45, 2.75) is 38.9 Å². The van der Waals surface area contributed by atoms with E-state index < -0.39 is 11.2 Å². The second-order valence-corrected chi connectivity index (χ2v) is 9.86. The number of rotatable bonds is 4. The summed E-state index contributed by atoms with van der Waals surface area (Å²) >= 11 is 0. The van der Waals surface area contributed by atoms with Gasteiger partial charge in [-0.05, 0) is 78.3 Å². The van der Waals surface area contributed by atoms with Crippen molar-refractivity contribution in [1.82, 2.24) is 0 Å². The van der Waals surface area contributed by atoms with E-state index in [1.165, 1.54) is 33.0 Å². The Morgan fingerprint density at radius 2 is 1.44 bits per heavy atom. The zero-order valence-corrected chi connectivity index (χ0v) is 18.8. The maximum Gasteiger partial charge on any atom is 0.309 e. The molecule has 5 aromatic rings. The zero-order valence-electron chi connectivity index (χ0n) is 18.8. The molecule has 0 radical (unpaired) electrons. The molecule has 0 saturated heterocycles. The van der Waals surface area contributed by atoms with E-state index in [0.717, 1.165) is 27.4 Å². The lowest BCUT2D eigenvalue weighted by atomic mass is 9.82. The number of benzene rings is 4. The van der Waals surface area contributed by atoms with Crippen LogP contribution in [-0.4, -0.2) is 23.8 Å². The molecule has 0 atom stereocenters. The van der Waals surface area contributed by atoms with E-state index in [-0.39, 0.29) is 0 Å². The van der Waals surface area contributed by atoms with Crippen LogP contribution in [0.2, 0.25) is 0 Å². The van der Waals surface area contributed by atoms with Gasteiger partial charge in [0.25, 0.3) is 0 Å². The fourth-order valence-electron chi connectivity index (χ4n) is 4.71. The number of fused-ring (bicyclic) bond motifs is 7. The maximum absolute atomic E-state index is 10.4. The first-order valence-corrected chi connectivity index (χ1v) is 11.1. The minimum absolute atomic E-state index is 0.410. The largest absolute Gasteiger partial charge is 0.456 e. The van der Waals surface area contributed by atoms with Crippen molar-refractivity contribution in [2.24, 2.45) is 0 Å². The third-order valence-corrected chi connectivity index (χ3v) is 7.24. The lowest BCUT2D eigenvalue weighted by molar-refractivity contribution is -0.0893. The molecule has 0 bridgehead atoms. The third-order valence-electron chi connectivity index (χ3n) is 7.24. The van der Waals surface area contributed by atoms with Crippen molar-refractivity contribution < 1.29 is 14.2 Å². The molecule has 1 N–H and O–H groups in total. The molecule has 0 amide bonds. The number of hydrogen-bond donors (Lipinski definition) is 1. The Bertz CT molecular complexity index is 1540. The van der Waals surface area contributed by atoms with Crippen LogP contribution in [-0.2, 0) is 4.65 Å². The van der Waals surface area contributed by atoms with Crippen molar-refractivity contribution in [3.63, 3.8) is 0 Å². The quantitative estimate of drug-likeness (QED) is 0.360. The van der Waals surface area contributed by atoms with E-state index in [9.17, 15) is 5.11 Å². The Hall–Kier alpha value is -3.08. The van der Waals surface area contributed by atoms with E-state index in [2.05, 4.69) is 66.7 Å². The molecule has 0 aliphatic heterocycles. The average molecular weight is 420 g/mol. The molecule has 4 aromatic carbocycles. The van der Waals surface area contributed by atoms with Gasteiger partial charge in [0, 0.05) is 10.8 Å². The molecular weight excluding hydrogens is 395 g/mol. The van der Waals surface area contributed by atoms with E-state index in [4.69, 9.17) is 9.07 Å². The first-order valence-electron chi connectivity index (χ1n) is 11.1. The second-order valence-electron chi connectivity index (χ2n) is 9.86. The van der Waals surface area contributed by atoms with Gasteiger partial charge in [0.1, 0.15) is 11.2 Å². The minimum Gasteiger partial charge on any atom is -0.456 e. The summed E-state index contributed by atoms with van der Waals surface area (Å²) in [7, 11) is 0.410. The fourth-order valence-corrected chi connectivity index (χ4v) is 4.71. The Labute approximate surface area is 187 Å². The first-order chi connectivity index (χ1) is 15.2. The van der Waals surface area contributed by atoms with Crippen LogP contribution in [0.15, 0.2) is 71.1 Å². The molecule has 4 heteroatoms. The Kier molecular flexibility index (Phi) is 3.96. The summed E-state index contributed by atoms with van der Waals surface area (Å²) in [6, 6.07) is 23.6. The van der Waals surface area contributed by atoms with Gasteiger partial charge in [0.05, 0.1) is 11.2 Å². The summed E-state index contributed by atoms with van der Waals surface area (Å²) in [6.07, 6.45) is 0. The molecule has 0 saturated carbocycles. The van der Waals surface area contributed by atoms with Crippen LogP contribution >= 0.6 is 0 Å². The monoisotopic (exact) mass is 420 g/mol. The second kappa shape index (κ2) is 6.47. The van der Waals surface area contributed by atoms with Gasteiger partial charge in [0.15, 0.2) is 0 Å². The van der Waals surface area contributed by atoms with Gasteiger partial charge in [0.2, 0.25) is 0 Å². The maximum atomic E-state index is 10.4. The molecule has 6 rings (SSSR count). The van der Waals surface area contributed by atoms with Crippen molar-refractivity contribution >= 4 is 45.7 Å². The fraction of sp³-hybridized carbons (Fsp3) is 0.214. The summed E-state index contributed by atoms with van der Waals surface area (Å²) in [5, 5.41) is 15.2. The van der Waals surface area contributed by atoms with Crippen molar-refractivity contribution in [2.75, 3.05) is 0 Å². The highest BCUT2D eigenvalue weighted by molar-refractivity contribution is 6.47. The summed E-state index contributed by atoms with van der Waals surface area (Å²) < 4.78 is 12.4. The van der Waals surface area contributed by atoms with E-state index in [1.54, 1.807) is 13.8 Å². The smallest absolute Gasteiger partial charge is 0.309 e. The highest BCUT2D eigenvalue weighted by Gasteiger charge is 2.35. The molecule has 1 aliphatic carbocycles. The highest BCUT2D eigenvalue weighted by Crippen LogP contribution is 2.50. The van der Waals surface area contributed by atoms with Crippen LogP contribution in [0.4, 0.5) is 0 Å². The van der Waals surface area contributed by atoms with Gasteiger partial charge < -0.3 is 14.2 Å². The van der Waals surface area contributed by atoms with Crippen molar-refractivity contribution in [1.29, 1.82) is 0 Å². The van der Waals surface area contributed by atoms with E-state index in [1.807, 2.05) is 13.8 Å². The third kappa shape index (κ3) is 2.70. The number of hydrogen-bond acceptors (Lipinski definition) is 3. The van der Waals surface area contributed by atoms with Crippen LogP contribution in [0.3, 0.4) is 0 Å². The van der Waals surface area contributed by atoms with Crippen LogP contribution in [0.25, 0.3) is 55.0 Å². The average Bonchev–Trinajstić information content (AvgIpc) is 3.29. The summed E-state index contributed by atoms with van der Waals surface area (Å²) in [5.41, 5.74) is 6.29. The predicted octanol–water partition coefficient (Wildman–Crippen LogP) is 5.93. The molecule has 3 nitrogen and oxygen atoms in total. The van der Waals surface area contributed by atoms with Gasteiger partial charge in [-0.15, -0.1) is 0 Å². The first kappa shape index (κ1) is 19.6. The van der Waals surface area contributed by atoms with Crippen LogP contribution < -0.4 is 5.46 Å². The predicted molar refractivity (Wildman–Crippen MR) is 134 cm³/mol. The Balaban J connectivity index is 1.50. The normalized spacial score (nSPS) is 13.3. The van der Waals surface area contributed by atoms with Crippen molar-refractivity contribution in [3.8, 4) is 22.3 Å². The van der Waals surface area contributed by atoms with Gasteiger partial charge in [-0.25, -0.2) is 0 Å². The zero-order chi connectivity index (χ0) is 22.3. The van der Waals surface area contributed by atoms with Crippen molar-refractivity contribution in [3.05, 3.63) is 66.7 Å². The molecule has 158 valence electrons. The molecule has 1 aromatic heterocycles. The lowest BCUT2D eigenvalue weighted by Gasteiger charge is -2.37. The number of furan rings is 1.